The maximum absolute atomic E-state index is 11.7. The number of oxazole rings is 1. The van der Waals surface area contributed by atoms with Crippen LogP contribution in [0.5, 0.6) is 0 Å². The molecule has 1 aromatic rings. The number of carbonyl (C=O) groups is 1. The Hall–Kier alpha value is -1.40. The summed E-state index contributed by atoms with van der Waals surface area (Å²) in [6.07, 6.45) is 4.52. The van der Waals surface area contributed by atoms with Crippen LogP contribution in [0.4, 0.5) is 6.01 Å². The van der Waals surface area contributed by atoms with E-state index < -0.39 is 0 Å². The topological polar surface area (TPSA) is 73.6 Å². The zero-order chi connectivity index (χ0) is 13.9. The van der Waals surface area contributed by atoms with Gasteiger partial charge in [-0.3, -0.25) is 10.1 Å². The molecule has 0 bridgehead atoms. The third kappa shape index (κ3) is 3.37. The van der Waals surface area contributed by atoms with Crippen LogP contribution in [0.1, 0.15) is 43.1 Å². The number of aryl methyl sites for hydroxylation is 1. The van der Waals surface area contributed by atoms with Crippen molar-refractivity contribution < 1.29 is 18.7 Å². The van der Waals surface area contributed by atoms with Gasteiger partial charge in [0.25, 0.3) is 5.91 Å². The summed E-state index contributed by atoms with van der Waals surface area (Å²) in [5, 5.41) is 2.63. The van der Waals surface area contributed by atoms with Crippen molar-refractivity contribution in [3.63, 3.8) is 0 Å². The van der Waals surface area contributed by atoms with Gasteiger partial charge in [-0.05, 0) is 32.6 Å². The van der Waals surface area contributed by atoms with Crippen LogP contribution in [-0.4, -0.2) is 36.8 Å². The first-order valence-corrected chi connectivity index (χ1v) is 7.19. The summed E-state index contributed by atoms with van der Waals surface area (Å²) >= 11 is 0. The monoisotopic (exact) mass is 280 g/mol. The van der Waals surface area contributed by atoms with Gasteiger partial charge in [0, 0.05) is 12.5 Å². The first-order valence-electron chi connectivity index (χ1n) is 7.19. The highest BCUT2D eigenvalue weighted by atomic mass is 16.5. The average molecular weight is 280 g/mol. The van der Waals surface area contributed by atoms with Gasteiger partial charge >= 0.3 is 6.01 Å². The van der Waals surface area contributed by atoms with E-state index in [9.17, 15) is 4.79 Å². The molecule has 1 aliphatic heterocycles. The Morgan fingerprint density at radius 3 is 3.00 bits per heavy atom. The molecule has 6 heteroatoms. The van der Waals surface area contributed by atoms with Crippen molar-refractivity contribution in [3.05, 3.63) is 11.5 Å². The van der Waals surface area contributed by atoms with E-state index in [1.807, 2.05) is 6.92 Å². The van der Waals surface area contributed by atoms with Crippen LogP contribution >= 0.6 is 0 Å². The molecule has 1 aliphatic carbocycles. The average Bonchev–Trinajstić information content (AvgIpc) is 3.00. The fraction of sp³-hybridized carbons (Fsp3) is 0.714. The SMILES string of the molecule is Cc1oc(NC(=O)COCC2CCCO2)nc1C1CC1. The predicted molar refractivity (Wildman–Crippen MR) is 71.6 cm³/mol. The van der Waals surface area contributed by atoms with E-state index in [0.29, 0.717) is 12.5 Å². The maximum atomic E-state index is 11.7. The van der Waals surface area contributed by atoms with Gasteiger partial charge in [-0.15, -0.1) is 0 Å². The van der Waals surface area contributed by atoms with Gasteiger partial charge in [0.15, 0.2) is 0 Å². The van der Waals surface area contributed by atoms with Gasteiger partial charge in [-0.25, -0.2) is 0 Å². The Labute approximate surface area is 117 Å². The second-order valence-electron chi connectivity index (χ2n) is 5.43. The molecule has 0 spiro atoms. The highest BCUT2D eigenvalue weighted by Gasteiger charge is 2.29. The fourth-order valence-corrected chi connectivity index (χ4v) is 2.41. The summed E-state index contributed by atoms with van der Waals surface area (Å²) in [6.45, 7) is 3.13. The molecule has 2 fully saturated rings. The molecule has 0 aromatic carbocycles. The van der Waals surface area contributed by atoms with E-state index in [-0.39, 0.29) is 24.6 Å². The minimum absolute atomic E-state index is 0.0000491. The van der Waals surface area contributed by atoms with Gasteiger partial charge in [0.05, 0.1) is 18.4 Å². The quantitative estimate of drug-likeness (QED) is 0.862. The number of hydrogen-bond acceptors (Lipinski definition) is 5. The van der Waals surface area contributed by atoms with E-state index in [1.54, 1.807) is 0 Å². The number of rotatable bonds is 6. The summed E-state index contributed by atoms with van der Waals surface area (Å²) in [5.74, 6) is 1.06. The molecule has 110 valence electrons. The zero-order valence-electron chi connectivity index (χ0n) is 11.7. The number of aromatic nitrogens is 1. The third-order valence-electron chi connectivity index (χ3n) is 3.60. The van der Waals surface area contributed by atoms with E-state index in [4.69, 9.17) is 13.9 Å². The van der Waals surface area contributed by atoms with Crippen molar-refractivity contribution in [2.75, 3.05) is 25.1 Å². The van der Waals surface area contributed by atoms with Crippen LogP contribution < -0.4 is 5.32 Å². The van der Waals surface area contributed by atoms with Crippen LogP contribution in [0.2, 0.25) is 0 Å². The van der Waals surface area contributed by atoms with Crippen molar-refractivity contribution in [1.82, 2.24) is 4.98 Å². The molecule has 6 nitrogen and oxygen atoms in total. The van der Waals surface area contributed by atoms with Crippen LogP contribution in [0, 0.1) is 6.92 Å². The van der Waals surface area contributed by atoms with Gasteiger partial charge in [0.2, 0.25) is 0 Å². The Bertz CT molecular complexity index is 476. The first-order chi connectivity index (χ1) is 9.72. The van der Waals surface area contributed by atoms with Crippen LogP contribution in [0.25, 0.3) is 0 Å². The lowest BCUT2D eigenvalue weighted by atomic mass is 10.2. The fourth-order valence-electron chi connectivity index (χ4n) is 2.41. The molecule has 1 saturated heterocycles. The number of hydrogen-bond donors (Lipinski definition) is 1. The second-order valence-corrected chi connectivity index (χ2v) is 5.43. The van der Waals surface area contributed by atoms with Crippen molar-refractivity contribution in [2.24, 2.45) is 0 Å². The van der Waals surface area contributed by atoms with Crippen LogP contribution in [0.3, 0.4) is 0 Å². The summed E-state index contributed by atoms with van der Waals surface area (Å²) in [6, 6.07) is 0.273. The molecule has 1 N–H and O–H groups in total. The molecule has 1 saturated carbocycles. The number of carbonyl (C=O) groups excluding carboxylic acids is 1. The Balaban J connectivity index is 1.42. The lowest BCUT2D eigenvalue weighted by Gasteiger charge is -2.09. The van der Waals surface area contributed by atoms with E-state index in [2.05, 4.69) is 10.3 Å². The number of nitrogens with zero attached hydrogens (tertiary/aromatic N) is 1. The van der Waals surface area contributed by atoms with Gasteiger partial charge in [0.1, 0.15) is 12.4 Å². The number of anilines is 1. The number of nitrogens with one attached hydrogen (secondary N) is 1. The van der Waals surface area contributed by atoms with Crippen LogP contribution in [-0.2, 0) is 14.3 Å². The molecule has 1 amide bonds. The summed E-state index contributed by atoms with van der Waals surface area (Å²) in [4.78, 5) is 16.0. The molecular weight excluding hydrogens is 260 g/mol. The molecule has 2 aliphatic rings. The third-order valence-corrected chi connectivity index (χ3v) is 3.60. The Morgan fingerprint density at radius 1 is 1.45 bits per heavy atom. The first kappa shape index (κ1) is 13.6. The van der Waals surface area contributed by atoms with E-state index in [1.165, 1.54) is 0 Å². The van der Waals surface area contributed by atoms with Gasteiger partial charge < -0.3 is 13.9 Å². The van der Waals surface area contributed by atoms with E-state index in [0.717, 1.165) is 43.7 Å². The summed E-state index contributed by atoms with van der Waals surface area (Å²) < 4.78 is 16.2. The Kier molecular flexibility index (Phi) is 4.03. The molecule has 0 radical (unpaired) electrons. The Morgan fingerprint density at radius 2 is 2.30 bits per heavy atom. The zero-order valence-corrected chi connectivity index (χ0v) is 11.7. The minimum Gasteiger partial charge on any atom is -0.428 e. The summed E-state index contributed by atoms with van der Waals surface area (Å²) in [7, 11) is 0. The van der Waals surface area contributed by atoms with Crippen molar-refractivity contribution in [3.8, 4) is 0 Å². The highest BCUT2D eigenvalue weighted by molar-refractivity contribution is 5.89. The molecule has 2 heterocycles. The molecule has 3 rings (SSSR count). The molecule has 1 unspecified atom stereocenters. The smallest absolute Gasteiger partial charge is 0.301 e. The normalized spacial score (nSPS) is 22.1. The van der Waals surface area contributed by atoms with Crippen molar-refractivity contribution in [1.29, 1.82) is 0 Å². The van der Waals surface area contributed by atoms with Crippen molar-refractivity contribution >= 4 is 11.9 Å². The molecule has 20 heavy (non-hydrogen) atoms. The number of amides is 1. The molecular formula is C14H20N2O4. The van der Waals surface area contributed by atoms with Crippen molar-refractivity contribution in [2.45, 2.75) is 44.6 Å². The highest BCUT2D eigenvalue weighted by Crippen LogP contribution is 2.41. The second kappa shape index (κ2) is 5.93. The maximum Gasteiger partial charge on any atom is 0.301 e. The lowest BCUT2D eigenvalue weighted by molar-refractivity contribution is -0.121. The number of ether oxygens (including phenoxy) is 2. The molecule has 1 aromatic heterocycles. The molecule has 1 atom stereocenters. The van der Waals surface area contributed by atoms with Gasteiger partial charge in [-0.1, -0.05) is 0 Å². The van der Waals surface area contributed by atoms with Crippen LogP contribution in [0.15, 0.2) is 4.42 Å². The van der Waals surface area contributed by atoms with Gasteiger partial charge in [-0.2, -0.15) is 4.98 Å². The summed E-state index contributed by atoms with van der Waals surface area (Å²) in [5.41, 5.74) is 0.973. The standard InChI is InChI=1S/C14H20N2O4/c1-9-13(10-4-5-10)16-14(20-9)15-12(17)8-18-7-11-3-2-6-19-11/h10-11H,2-8H2,1H3,(H,15,16,17). The lowest BCUT2D eigenvalue weighted by Crippen LogP contribution is -2.22. The minimum atomic E-state index is -0.244. The largest absolute Gasteiger partial charge is 0.428 e. The van der Waals surface area contributed by atoms with E-state index >= 15 is 0 Å². The predicted octanol–water partition coefficient (Wildman–Crippen LogP) is 1.99.